The van der Waals surface area contributed by atoms with E-state index in [0.717, 1.165) is 25.9 Å². The molecule has 1 fully saturated rings. The molecule has 0 aromatic carbocycles. The van der Waals surface area contributed by atoms with E-state index in [-0.39, 0.29) is 4.17 Å². The summed E-state index contributed by atoms with van der Waals surface area (Å²) >= 11 is 2.13. The number of azide groups is 1. The van der Waals surface area contributed by atoms with Crippen molar-refractivity contribution in [3.05, 3.63) is 10.4 Å². The third-order valence-electron chi connectivity index (χ3n) is 2.21. The first-order chi connectivity index (χ1) is 6.27. The number of rotatable bonds is 3. The van der Waals surface area contributed by atoms with Crippen LogP contribution in [-0.4, -0.2) is 28.2 Å². The lowest BCUT2D eigenvalue weighted by Crippen LogP contribution is -2.46. The van der Waals surface area contributed by atoms with E-state index in [4.69, 9.17) is 11.4 Å². The normalized spacial score (nSPS) is 22.3. The second-order valence-electron chi connectivity index (χ2n) is 2.99. The average molecular weight is 296 g/mol. The number of piperidine rings is 1. The molecule has 0 aromatic heterocycles. The summed E-state index contributed by atoms with van der Waals surface area (Å²) in [4.78, 5) is 4.93. The summed E-state index contributed by atoms with van der Waals surface area (Å²) in [5.74, 6) is 5.33. The molecule has 1 atom stereocenters. The molecular weight excluding hydrogens is 283 g/mol. The van der Waals surface area contributed by atoms with Crippen molar-refractivity contribution in [3.8, 4) is 0 Å². The maximum absolute atomic E-state index is 8.26. The van der Waals surface area contributed by atoms with Gasteiger partial charge in [-0.2, -0.15) is 0 Å². The molecule has 1 saturated heterocycles. The number of nitrogens with two attached hydrogens (primary N) is 1. The van der Waals surface area contributed by atoms with Gasteiger partial charge in [-0.1, -0.05) is 27.7 Å². The lowest BCUT2D eigenvalue weighted by molar-refractivity contribution is 0.195. The van der Waals surface area contributed by atoms with Crippen molar-refractivity contribution in [1.82, 2.24) is 10.3 Å². The quantitative estimate of drug-likeness (QED) is 0.119. The number of nitrogens with one attached hydrogen (secondary N) is 1. The number of likely N-dealkylation sites (tertiary alicyclic amines) is 1. The molecule has 0 radical (unpaired) electrons. The van der Waals surface area contributed by atoms with E-state index in [1.165, 1.54) is 0 Å². The first-order valence-electron chi connectivity index (χ1n) is 4.16. The van der Waals surface area contributed by atoms with Crippen LogP contribution in [0.25, 0.3) is 10.4 Å². The fraction of sp³-hybridized carbons (Fsp3) is 1.00. The number of alkyl halides is 1. The second kappa shape index (κ2) is 5.61. The molecule has 0 bridgehead atoms. The summed E-state index contributed by atoms with van der Waals surface area (Å²) in [6.45, 7) is 1.86. The van der Waals surface area contributed by atoms with Gasteiger partial charge in [0.15, 0.2) is 0 Å². The summed E-state index contributed by atoms with van der Waals surface area (Å²) in [6.07, 6.45) is 2.02. The average Bonchev–Trinajstić information content (AvgIpc) is 2.18. The van der Waals surface area contributed by atoms with Gasteiger partial charge in [0.25, 0.3) is 0 Å². The van der Waals surface area contributed by atoms with Gasteiger partial charge < -0.3 is 0 Å². The fourth-order valence-electron chi connectivity index (χ4n) is 1.39. The summed E-state index contributed by atoms with van der Waals surface area (Å²) in [7, 11) is 0. The van der Waals surface area contributed by atoms with Gasteiger partial charge in [-0.3, -0.25) is 16.2 Å². The summed E-state index contributed by atoms with van der Waals surface area (Å²) in [5.41, 5.74) is 11.0. The zero-order valence-corrected chi connectivity index (χ0v) is 9.38. The largest absolute Gasteiger partial charge is 0.287 e. The summed E-state index contributed by atoms with van der Waals surface area (Å²) in [5, 5.41) is 3.64. The van der Waals surface area contributed by atoms with Crippen LogP contribution in [0.5, 0.6) is 0 Å². The number of hydrogen-bond donors (Lipinski definition) is 2. The van der Waals surface area contributed by atoms with Crippen molar-refractivity contribution in [2.75, 3.05) is 13.1 Å². The van der Waals surface area contributed by atoms with E-state index in [1.807, 2.05) is 0 Å². The maximum Gasteiger partial charge on any atom is 0.141 e. The lowest BCUT2D eigenvalue weighted by Gasteiger charge is -2.32. The lowest BCUT2D eigenvalue weighted by atomic mass is 10.1. The minimum absolute atomic E-state index is 0.0682. The van der Waals surface area contributed by atoms with Gasteiger partial charge in [-0.15, -0.1) is 0 Å². The zero-order chi connectivity index (χ0) is 9.68. The van der Waals surface area contributed by atoms with Gasteiger partial charge in [0.05, 0.1) is 0 Å². The molecule has 6 nitrogen and oxygen atoms in total. The van der Waals surface area contributed by atoms with Gasteiger partial charge >= 0.3 is 0 Å². The van der Waals surface area contributed by atoms with Crippen LogP contribution < -0.4 is 11.3 Å². The molecule has 0 spiro atoms. The molecule has 1 aliphatic heterocycles. The highest BCUT2D eigenvalue weighted by Crippen LogP contribution is 2.17. The molecule has 13 heavy (non-hydrogen) atoms. The maximum atomic E-state index is 8.26. The first kappa shape index (κ1) is 11.0. The SMILES string of the molecule is [N-]=[N+]=NC(I)N1CCC(NN)CC1. The predicted molar refractivity (Wildman–Crippen MR) is 58.9 cm³/mol. The van der Waals surface area contributed by atoms with E-state index >= 15 is 0 Å². The molecule has 1 heterocycles. The van der Waals surface area contributed by atoms with Crippen LogP contribution in [-0.2, 0) is 0 Å². The Morgan fingerprint density at radius 3 is 2.69 bits per heavy atom. The third kappa shape index (κ3) is 3.28. The summed E-state index contributed by atoms with van der Waals surface area (Å²) < 4.78 is -0.0682. The van der Waals surface area contributed by atoms with Crippen LogP contribution in [0.15, 0.2) is 5.11 Å². The minimum Gasteiger partial charge on any atom is -0.287 e. The van der Waals surface area contributed by atoms with Gasteiger partial charge in [-0.05, 0) is 18.4 Å². The molecular formula is C6H13IN6. The summed E-state index contributed by atoms with van der Waals surface area (Å²) in [6, 6.07) is 0.408. The van der Waals surface area contributed by atoms with Crippen LogP contribution in [0.3, 0.4) is 0 Å². The van der Waals surface area contributed by atoms with Crippen molar-refractivity contribution in [3.63, 3.8) is 0 Å². The van der Waals surface area contributed by atoms with Crippen LogP contribution >= 0.6 is 22.6 Å². The van der Waals surface area contributed by atoms with E-state index in [9.17, 15) is 0 Å². The van der Waals surface area contributed by atoms with Gasteiger partial charge in [0, 0.05) is 24.0 Å². The Hall–Kier alpha value is -0.0800. The molecule has 3 N–H and O–H groups in total. The highest BCUT2D eigenvalue weighted by molar-refractivity contribution is 14.1. The van der Waals surface area contributed by atoms with Gasteiger partial charge in [0.2, 0.25) is 0 Å². The number of hydrazine groups is 1. The van der Waals surface area contributed by atoms with E-state index in [1.54, 1.807) is 0 Å². The van der Waals surface area contributed by atoms with Gasteiger partial charge in [0.1, 0.15) is 4.17 Å². The van der Waals surface area contributed by atoms with E-state index < -0.39 is 0 Å². The second-order valence-corrected chi connectivity index (χ2v) is 4.11. The predicted octanol–water partition coefficient (Wildman–Crippen LogP) is 0.943. The molecule has 74 valence electrons. The Balaban J connectivity index is 2.35. The van der Waals surface area contributed by atoms with Crippen LogP contribution in [0.2, 0.25) is 0 Å². The Bertz CT molecular complexity index is 195. The molecule has 7 heteroatoms. The van der Waals surface area contributed by atoms with Gasteiger partial charge in [-0.25, -0.2) is 0 Å². The van der Waals surface area contributed by atoms with E-state index in [2.05, 4.69) is 42.9 Å². The first-order valence-corrected chi connectivity index (χ1v) is 5.41. The molecule has 1 unspecified atom stereocenters. The number of hydrogen-bond acceptors (Lipinski definition) is 4. The molecule has 1 aliphatic rings. The highest BCUT2D eigenvalue weighted by atomic mass is 127. The molecule has 1 rings (SSSR count). The van der Waals surface area contributed by atoms with Crippen LogP contribution in [0.1, 0.15) is 12.8 Å². The van der Waals surface area contributed by atoms with Crippen LogP contribution in [0.4, 0.5) is 0 Å². The fourth-order valence-corrected chi connectivity index (χ4v) is 2.06. The molecule has 0 saturated carbocycles. The highest BCUT2D eigenvalue weighted by Gasteiger charge is 2.21. The Morgan fingerprint density at radius 1 is 1.62 bits per heavy atom. The molecule has 0 aliphatic carbocycles. The van der Waals surface area contributed by atoms with Crippen LogP contribution in [0, 0.1) is 0 Å². The number of halogens is 1. The monoisotopic (exact) mass is 296 g/mol. The van der Waals surface area contributed by atoms with Crippen molar-refractivity contribution in [2.45, 2.75) is 23.1 Å². The van der Waals surface area contributed by atoms with Crippen molar-refractivity contribution in [1.29, 1.82) is 0 Å². The zero-order valence-electron chi connectivity index (χ0n) is 7.23. The number of nitrogens with zero attached hydrogens (tertiary/aromatic N) is 4. The van der Waals surface area contributed by atoms with Crippen molar-refractivity contribution < 1.29 is 0 Å². The Morgan fingerprint density at radius 2 is 2.23 bits per heavy atom. The standard InChI is InChI=1S/C6H13IN6/c7-6(11-12-9)13-3-1-5(10-8)2-4-13/h5-6,10H,1-4,8H2. The molecule has 0 amide bonds. The molecule has 0 aromatic rings. The Kier molecular flexibility index (Phi) is 4.74. The smallest absolute Gasteiger partial charge is 0.141 e. The van der Waals surface area contributed by atoms with Crippen molar-refractivity contribution in [2.24, 2.45) is 11.0 Å². The Labute approximate surface area is 90.6 Å². The topological polar surface area (TPSA) is 90.0 Å². The van der Waals surface area contributed by atoms with Crippen molar-refractivity contribution >= 4 is 22.6 Å². The van der Waals surface area contributed by atoms with E-state index in [0.29, 0.717) is 6.04 Å². The third-order valence-corrected chi connectivity index (χ3v) is 3.25. The minimum atomic E-state index is -0.0682.